The van der Waals surface area contributed by atoms with Gasteiger partial charge in [0.05, 0.1) is 21.2 Å². The summed E-state index contributed by atoms with van der Waals surface area (Å²) in [4.78, 5) is 27.6. The molecule has 262 valence electrons. The number of sulfonamides is 1. The third-order valence-electron chi connectivity index (χ3n) is 8.10. The van der Waals surface area contributed by atoms with Crippen molar-refractivity contribution in [3.05, 3.63) is 135 Å². The molecular weight excluding hydrogens is 714 g/mol. The van der Waals surface area contributed by atoms with Gasteiger partial charge in [-0.1, -0.05) is 71.4 Å². The number of carbonyl (C=O) groups excluding carboxylic acids is 1. The first-order chi connectivity index (χ1) is 24.5. The first-order valence-corrected chi connectivity index (χ1v) is 18.6. The molecule has 1 saturated heterocycles. The quantitative estimate of drug-likeness (QED) is 0.0474. The number of aromatic nitrogens is 4. The third kappa shape index (κ3) is 8.22. The topological polar surface area (TPSA) is 162 Å². The number of thioether (sulfide) groups is 1. The van der Waals surface area contributed by atoms with Gasteiger partial charge in [0.25, 0.3) is 15.7 Å². The second-order valence-electron chi connectivity index (χ2n) is 11.7. The lowest BCUT2D eigenvalue weighted by Crippen LogP contribution is -2.35. The van der Waals surface area contributed by atoms with Gasteiger partial charge in [0, 0.05) is 46.6 Å². The van der Waals surface area contributed by atoms with Crippen molar-refractivity contribution in [1.82, 2.24) is 29.8 Å². The number of hydrogen-bond acceptors (Lipinski definition) is 11. The number of nitrogens with zero attached hydrogens (tertiary/aromatic N) is 6. The van der Waals surface area contributed by atoms with Gasteiger partial charge in [-0.05, 0) is 79.6 Å². The van der Waals surface area contributed by atoms with E-state index in [2.05, 4.69) is 20.2 Å². The van der Waals surface area contributed by atoms with Gasteiger partial charge in [0.15, 0.2) is 0 Å². The van der Waals surface area contributed by atoms with Crippen LogP contribution in [0.25, 0.3) is 11.4 Å². The molecule has 0 aliphatic carbocycles. The number of halogens is 1. The van der Waals surface area contributed by atoms with Gasteiger partial charge >= 0.3 is 5.91 Å². The highest BCUT2D eigenvalue weighted by Crippen LogP contribution is 2.42. The van der Waals surface area contributed by atoms with E-state index in [4.69, 9.17) is 16.3 Å². The normalized spacial score (nSPS) is 14.1. The average molecular weight is 746 g/mol. The van der Waals surface area contributed by atoms with Crippen molar-refractivity contribution >= 4 is 50.7 Å². The number of rotatable bonds is 12. The number of likely N-dealkylation sites (tertiary alicyclic amines) is 1. The minimum atomic E-state index is -4.34. The Morgan fingerprint density at radius 1 is 1.00 bits per heavy atom. The molecule has 0 radical (unpaired) electrons. The standard InChI is InChI=1S/C35H32ClN7O6S2/c1-23-10-17-29(18-11-23)51(47,48)38-34(44)33(32(41-20-6-7-21-41)25-12-14-26(36)15-13-25)49-31-19-16-28(43(45)46)22-30(31)24(2)50-35-37-39-40-42(35)27-8-4-3-5-9-27/h3-5,8-19,22,24H,6-7,20-21H2,1-2H3,(H,38,44). The predicted octanol–water partition coefficient (Wildman–Crippen LogP) is 6.73. The molecule has 6 rings (SSSR count). The van der Waals surface area contributed by atoms with E-state index < -0.39 is 26.1 Å². The Hall–Kier alpha value is -5.25. The van der Waals surface area contributed by atoms with Crippen LogP contribution in [0.2, 0.25) is 5.02 Å². The molecule has 0 bridgehead atoms. The summed E-state index contributed by atoms with van der Waals surface area (Å²) < 4.78 is 37.3. The summed E-state index contributed by atoms with van der Waals surface area (Å²) in [5, 5.41) is 24.4. The Bertz CT molecular complexity index is 2190. The number of aryl methyl sites for hydroxylation is 1. The van der Waals surface area contributed by atoms with Crippen molar-refractivity contribution in [2.24, 2.45) is 0 Å². The highest BCUT2D eigenvalue weighted by molar-refractivity contribution is 7.99. The van der Waals surface area contributed by atoms with E-state index in [0.29, 0.717) is 45.8 Å². The van der Waals surface area contributed by atoms with Crippen LogP contribution in [-0.2, 0) is 14.8 Å². The number of tetrazole rings is 1. The van der Waals surface area contributed by atoms with Gasteiger partial charge in [-0.15, -0.1) is 5.10 Å². The molecule has 1 unspecified atom stereocenters. The van der Waals surface area contributed by atoms with Crippen molar-refractivity contribution in [2.75, 3.05) is 13.1 Å². The van der Waals surface area contributed by atoms with Gasteiger partial charge < -0.3 is 9.64 Å². The zero-order valence-corrected chi connectivity index (χ0v) is 29.9. The predicted molar refractivity (Wildman–Crippen MR) is 193 cm³/mol. The van der Waals surface area contributed by atoms with Crippen molar-refractivity contribution in [1.29, 1.82) is 0 Å². The summed E-state index contributed by atoms with van der Waals surface area (Å²) in [7, 11) is -4.34. The monoisotopic (exact) mass is 745 g/mol. The van der Waals surface area contributed by atoms with Crippen LogP contribution in [0, 0.1) is 17.0 Å². The van der Waals surface area contributed by atoms with Crippen LogP contribution in [0.3, 0.4) is 0 Å². The van der Waals surface area contributed by atoms with Gasteiger partial charge in [-0.25, -0.2) is 13.1 Å². The molecular formula is C35H32ClN7O6S2. The smallest absolute Gasteiger partial charge is 0.302 e. The molecule has 1 aliphatic rings. The molecule has 1 fully saturated rings. The van der Waals surface area contributed by atoms with Crippen molar-refractivity contribution in [3.63, 3.8) is 0 Å². The summed E-state index contributed by atoms with van der Waals surface area (Å²) in [5.74, 6) is -1.23. The summed E-state index contributed by atoms with van der Waals surface area (Å²) in [6.07, 6.45) is 1.67. The fourth-order valence-electron chi connectivity index (χ4n) is 5.53. The first-order valence-electron chi connectivity index (χ1n) is 15.9. The van der Waals surface area contributed by atoms with Crippen LogP contribution in [0.15, 0.2) is 113 Å². The highest BCUT2D eigenvalue weighted by Gasteiger charge is 2.31. The Balaban J connectivity index is 1.46. The van der Waals surface area contributed by atoms with Crippen LogP contribution in [0.4, 0.5) is 5.69 Å². The molecule has 0 saturated carbocycles. The number of non-ortho nitro benzene ring substituents is 1. The summed E-state index contributed by atoms with van der Waals surface area (Å²) in [5.41, 5.74) is 2.61. The number of carbonyl (C=O) groups is 1. The molecule has 0 spiro atoms. The van der Waals surface area contributed by atoms with Crippen LogP contribution >= 0.6 is 23.4 Å². The summed E-state index contributed by atoms with van der Waals surface area (Å²) in [6, 6.07) is 26.1. The number of benzene rings is 4. The van der Waals surface area contributed by atoms with Gasteiger partial charge in [0.1, 0.15) is 5.75 Å². The number of nitro groups is 1. The largest absolute Gasteiger partial charge is 0.449 e. The zero-order chi connectivity index (χ0) is 36.1. The SMILES string of the molecule is Cc1ccc(S(=O)(=O)NC(=O)C(Oc2ccc([N+](=O)[O-])cc2C(C)Sc2nnnn2-c2ccccc2)=C(c2ccc(Cl)cc2)N2CCCC2)cc1. The summed E-state index contributed by atoms with van der Waals surface area (Å²) in [6.45, 7) is 4.77. The molecule has 1 aromatic heterocycles. The van der Waals surface area contributed by atoms with E-state index in [0.717, 1.165) is 18.4 Å². The van der Waals surface area contributed by atoms with E-state index >= 15 is 0 Å². The Kier molecular flexibility index (Phi) is 10.7. The van der Waals surface area contributed by atoms with Crippen LogP contribution in [-0.4, -0.2) is 57.4 Å². The molecule has 51 heavy (non-hydrogen) atoms. The number of amides is 1. The van der Waals surface area contributed by atoms with E-state index in [1.165, 1.54) is 42.1 Å². The maximum absolute atomic E-state index is 14.3. The minimum Gasteiger partial charge on any atom is -0.449 e. The Labute approximate surface area is 303 Å². The number of nitrogens with one attached hydrogen (secondary N) is 1. The average Bonchev–Trinajstić information content (AvgIpc) is 3.82. The summed E-state index contributed by atoms with van der Waals surface area (Å²) >= 11 is 7.45. The zero-order valence-electron chi connectivity index (χ0n) is 27.5. The van der Waals surface area contributed by atoms with E-state index in [1.807, 2.05) is 42.2 Å². The fraction of sp³-hybridized carbons (Fsp3) is 0.200. The maximum atomic E-state index is 14.3. The number of nitro benzene ring substituents is 1. The number of hydrogen-bond donors (Lipinski definition) is 1. The molecule has 1 amide bonds. The Morgan fingerprint density at radius 2 is 1.69 bits per heavy atom. The molecule has 5 aromatic rings. The second kappa shape index (κ2) is 15.3. The highest BCUT2D eigenvalue weighted by atomic mass is 35.5. The van der Waals surface area contributed by atoms with Gasteiger partial charge in [-0.3, -0.25) is 14.9 Å². The maximum Gasteiger partial charge on any atom is 0.302 e. The first kappa shape index (κ1) is 35.6. The molecule has 1 atom stereocenters. The molecule has 16 heteroatoms. The molecule has 1 N–H and O–H groups in total. The van der Waals surface area contributed by atoms with Crippen LogP contribution in [0.1, 0.15) is 41.7 Å². The molecule has 4 aromatic carbocycles. The minimum absolute atomic E-state index is 0.0999. The van der Waals surface area contributed by atoms with Crippen LogP contribution < -0.4 is 9.46 Å². The number of para-hydroxylation sites is 1. The van der Waals surface area contributed by atoms with Crippen LogP contribution in [0.5, 0.6) is 5.75 Å². The van der Waals surface area contributed by atoms with E-state index in [1.54, 1.807) is 48.0 Å². The van der Waals surface area contributed by atoms with Gasteiger partial charge in [0.2, 0.25) is 10.9 Å². The molecule has 13 nitrogen and oxygen atoms in total. The molecule has 1 aliphatic heterocycles. The van der Waals surface area contributed by atoms with Crippen molar-refractivity contribution in [2.45, 2.75) is 42.0 Å². The lowest BCUT2D eigenvalue weighted by atomic mass is 10.1. The van der Waals surface area contributed by atoms with E-state index in [-0.39, 0.29) is 22.1 Å². The Morgan fingerprint density at radius 3 is 2.35 bits per heavy atom. The van der Waals surface area contributed by atoms with Crippen molar-refractivity contribution in [3.8, 4) is 11.4 Å². The van der Waals surface area contributed by atoms with Crippen molar-refractivity contribution < 1.29 is 22.9 Å². The second-order valence-corrected chi connectivity index (χ2v) is 15.1. The lowest BCUT2D eigenvalue weighted by molar-refractivity contribution is -0.384. The number of ether oxygens (including phenoxy) is 1. The third-order valence-corrected chi connectivity index (χ3v) is 10.8. The van der Waals surface area contributed by atoms with E-state index in [9.17, 15) is 23.3 Å². The fourth-order valence-corrected chi connectivity index (χ4v) is 7.56. The van der Waals surface area contributed by atoms with Gasteiger partial charge in [-0.2, -0.15) is 4.68 Å². The lowest BCUT2D eigenvalue weighted by Gasteiger charge is -2.26. The molecule has 2 heterocycles.